The van der Waals surface area contributed by atoms with Gasteiger partial charge in [0, 0.05) is 6.42 Å². The van der Waals surface area contributed by atoms with E-state index in [-0.39, 0.29) is 13.0 Å². The Balaban J connectivity index is 2.30. The molecule has 0 aliphatic carbocycles. The molecule has 0 heterocycles. The smallest absolute Gasteiger partial charge is 0.361 e. The van der Waals surface area contributed by atoms with E-state index in [0.717, 1.165) is 5.56 Å². The zero-order chi connectivity index (χ0) is 13.4. The molecule has 96 valence electrons. The quantitative estimate of drug-likeness (QED) is 0.248. The molecule has 1 rings (SSSR count). The van der Waals surface area contributed by atoms with Gasteiger partial charge < -0.3 is 15.1 Å². The van der Waals surface area contributed by atoms with Crippen LogP contribution in [0, 0.1) is 0 Å². The molecule has 0 unspecified atom stereocenters. The molecule has 0 saturated heterocycles. The standard InChI is InChI=1S/C12H13NO5/c14-10(11(13-17)12(15)16)6-7-18-8-9-4-2-1-3-5-9/h1-5,17H,6-8H2,(H,15,16)/b13-11-. The van der Waals surface area contributed by atoms with Gasteiger partial charge in [-0.15, -0.1) is 0 Å². The van der Waals surface area contributed by atoms with Gasteiger partial charge >= 0.3 is 5.97 Å². The second-order valence-electron chi connectivity index (χ2n) is 3.47. The van der Waals surface area contributed by atoms with E-state index in [4.69, 9.17) is 15.1 Å². The number of nitrogens with zero attached hydrogens (tertiary/aromatic N) is 1. The Morgan fingerprint density at radius 1 is 1.22 bits per heavy atom. The first kappa shape index (κ1) is 13.9. The number of Topliss-reactive ketones (excluding diaryl/α,β-unsaturated/α-hetero) is 1. The Morgan fingerprint density at radius 3 is 2.44 bits per heavy atom. The Labute approximate surface area is 103 Å². The van der Waals surface area contributed by atoms with E-state index in [1.54, 1.807) is 0 Å². The molecule has 1 aromatic carbocycles. The van der Waals surface area contributed by atoms with Crippen molar-refractivity contribution in [3.8, 4) is 0 Å². The maximum absolute atomic E-state index is 11.3. The third-order valence-corrected chi connectivity index (χ3v) is 2.15. The van der Waals surface area contributed by atoms with Crippen molar-refractivity contribution in [2.24, 2.45) is 5.16 Å². The molecule has 0 aliphatic rings. The average Bonchev–Trinajstić information content (AvgIpc) is 2.36. The SMILES string of the molecule is O=C(O)/C(=N\O)C(=O)CCOCc1ccccc1. The lowest BCUT2D eigenvalue weighted by atomic mass is 10.2. The number of benzene rings is 1. The predicted molar refractivity (Wildman–Crippen MR) is 62.6 cm³/mol. The van der Waals surface area contributed by atoms with Crippen molar-refractivity contribution in [1.82, 2.24) is 0 Å². The molecule has 0 fully saturated rings. The molecule has 18 heavy (non-hydrogen) atoms. The molecule has 0 saturated carbocycles. The van der Waals surface area contributed by atoms with Gasteiger partial charge in [0.15, 0.2) is 5.78 Å². The zero-order valence-corrected chi connectivity index (χ0v) is 9.57. The molecule has 1 aromatic rings. The molecule has 0 spiro atoms. The number of ketones is 1. The third kappa shape index (κ3) is 4.34. The van der Waals surface area contributed by atoms with E-state index < -0.39 is 17.5 Å². The third-order valence-electron chi connectivity index (χ3n) is 2.15. The van der Waals surface area contributed by atoms with Gasteiger partial charge in [0.2, 0.25) is 5.71 Å². The van der Waals surface area contributed by atoms with Crippen LogP contribution in [0.2, 0.25) is 0 Å². The van der Waals surface area contributed by atoms with Gasteiger partial charge in [0.05, 0.1) is 13.2 Å². The number of hydrogen-bond acceptors (Lipinski definition) is 5. The summed E-state index contributed by atoms with van der Waals surface area (Å²) in [4.78, 5) is 21.7. The summed E-state index contributed by atoms with van der Waals surface area (Å²) in [7, 11) is 0. The summed E-state index contributed by atoms with van der Waals surface area (Å²) in [5.41, 5.74) is 0.0811. The summed E-state index contributed by atoms with van der Waals surface area (Å²) in [6.45, 7) is 0.410. The lowest BCUT2D eigenvalue weighted by Gasteiger charge is -2.03. The van der Waals surface area contributed by atoms with E-state index >= 15 is 0 Å². The van der Waals surface area contributed by atoms with E-state index in [1.165, 1.54) is 0 Å². The molecule has 2 N–H and O–H groups in total. The second-order valence-corrected chi connectivity index (χ2v) is 3.47. The van der Waals surface area contributed by atoms with Crippen LogP contribution in [0.4, 0.5) is 0 Å². The molecule has 0 amide bonds. The molecular formula is C12H13NO5. The maximum atomic E-state index is 11.3. The highest BCUT2D eigenvalue weighted by Crippen LogP contribution is 2.01. The highest BCUT2D eigenvalue weighted by atomic mass is 16.5. The summed E-state index contributed by atoms with van der Waals surface area (Å²) in [6.07, 6.45) is -0.140. The van der Waals surface area contributed by atoms with Crippen molar-refractivity contribution >= 4 is 17.5 Å². The van der Waals surface area contributed by atoms with Crippen molar-refractivity contribution in [3.63, 3.8) is 0 Å². The number of carboxylic acids is 1. The Kier molecular flexibility index (Phi) is 5.53. The van der Waals surface area contributed by atoms with Gasteiger partial charge in [-0.25, -0.2) is 4.79 Å². The number of carbonyl (C=O) groups excluding carboxylic acids is 1. The number of carbonyl (C=O) groups is 2. The van der Waals surface area contributed by atoms with E-state index in [9.17, 15) is 9.59 Å². The van der Waals surface area contributed by atoms with Crippen LogP contribution in [0.3, 0.4) is 0 Å². The molecular weight excluding hydrogens is 238 g/mol. The molecule has 0 atom stereocenters. The Bertz CT molecular complexity index is 441. The largest absolute Gasteiger partial charge is 0.476 e. The number of hydrogen-bond donors (Lipinski definition) is 2. The van der Waals surface area contributed by atoms with Crippen LogP contribution in [-0.4, -0.2) is 34.4 Å². The van der Waals surface area contributed by atoms with Gasteiger partial charge in [0.25, 0.3) is 0 Å². The molecule has 0 aromatic heterocycles. The Hall–Kier alpha value is -2.21. The van der Waals surface area contributed by atoms with E-state index in [0.29, 0.717) is 6.61 Å². The number of rotatable bonds is 7. The minimum Gasteiger partial charge on any atom is -0.476 e. The zero-order valence-electron chi connectivity index (χ0n) is 9.57. The highest BCUT2D eigenvalue weighted by Gasteiger charge is 2.19. The Morgan fingerprint density at radius 2 is 1.89 bits per heavy atom. The topological polar surface area (TPSA) is 96.2 Å². The highest BCUT2D eigenvalue weighted by molar-refractivity contribution is 6.63. The summed E-state index contributed by atoms with van der Waals surface area (Å²) in [5, 5.41) is 19.3. The van der Waals surface area contributed by atoms with Gasteiger partial charge in [-0.05, 0) is 5.56 Å². The fourth-order valence-electron chi connectivity index (χ4n) is 1.27. The summed E-state index contributed by atoms with van der Waals surface area (Å²) in [5.74, 6) is -2.32. The van der Waals surface area contributed by atoms with E-state index in [2.05, 4.69) is 5.16 Å². The van der Waals surface area contributed by atoms with Crippen molar-refractivity contribution in [1.29, 1.82) is 0 Å². The number of aliphatic carboxylic acids is 1. The van der Waals surface area contributed by atoms with Crippen LogP contribution < -0.4 is 0 Å². The monoisotopic (exact) mass is 251 g/mol. The maximum Gasteiger partial charge on any atom is 0.361 e. The average molecular weight is 251 g/mol. The fraction of sp³-hybridized carbons (Fsp3) is 0.250. The van der Waals surface area contributed by atoms with Crippen molar-refractivity contribution in [2.45, 2.75) is 13.0 Å². The minimum atomic E-state index is -1.55. The van der Waals surface area contributed by atoms with Crippen molar-refractivity contribution in [3.05, 3.63) is 35.9 Å². The first-order chi connectivity index (χ1) is 8.65. The number of carboxylic acid groups (broad SMARTS) is 1. The van der Waals surface area contributed by atoms with Crippen LogP contribution in [0.15, 0.2) is 35.5 Å². The van der Waals surface area contributed by atoms with Gasteiger partial charge in [0.1, 0.15) is 0 Å². The lowest BCUT2D eigenvalue weighted by Crippen LogP contribution is -2.24. The number of oxime groups is 1. The first-order valence-corrected chi connectivity index (χ1v) is 5.25. The van der Waals surface area contributed by atoms with Gasteiger partial charge in [-0.1, -0.05) is 35.5 Å². The fourth-order valence-corrected chi connectivity index (χ4v) is 1.27. The van der Waals surface area contributed by atoms with Crippen LogP contribution in [0.1, 0.15) is 12.0 Å². The molecule has 0 bridgehead atoms. The normalized spacial score (nSPS) is 11.2. The lowest BCUT2D eigenvalue weighted by molar-refractivity contribution is -0.130. The van der Waals surface area contributed by atoms with Crippen LogP contribution in [-0.2, 0) is 20.9 Å². The first-order valence-electron chi connectivity index (χ1n) is 5.25. The van der Waals surface area contributed by atoms with Crippen LogP contribution in [0.25, 0.3) is 0 Å². The van der Waals surface area contributed by atoms with E-state index in [1.807, 2.05) is 30.3 Å². The molecule has 0 aliphatic heterocycles. The second kappa shape index (κ2) is 7.18. The summed E-state index contributed by atoms with van der Waals surface area (Å²) in [6, 6.07) is 9.36. The number of ether oxygens (including phenoxy) is 1. The van der Waals surface area contributed by atoms with Crippen molar-refractivity contribution in [2.75, 3.05) is 6.61 Å². The molecule has 6 heteroatoms. The van der Waals surface area contributed by atoms with Crippen LogP contribution >= 0.6 is 0 Å². The molecule has 0 radical (unpaired) electrons. The van der Waals surface area contributed by atoms with Crippen LogP contribution in [0.5, 0.6) is 0 Å². The minimum absolute atomic E-state index is 0.0695. The van der Waals surface area contributed by atoms with Crippen molar-refractivity contribution < 1.29 is 24.6 Å². The summed E-state index contributed by atoms with van der Waals surface area (Å²) < 4.78 is 5.21. The van der Waals surface area contributed by atoms with Gasteiger partial charge in [-0.2, -0.15) is 0 Å². The van der Waals surface area contributed by atoms with Gasteiger partial charge in [-0.3, -0.25) is 4.79 Å². The molecule has 6 nitrogen and oxygen atoms in total. The summed E-state index contributed by atoms with van der Waals surface area (Å²) >= 11 is 0. The predicted octanol–water partition coefficient (Wildman–Crippen LogP) is 1.08.